The summed E-state index contributed by atoms with van der Waals surface area (Å²) in [5.41, 5.74) is 17.6. The van der Waals surface area contributed by atoms with E-state index in [0.717, 1.165) is 6.42 Å². The van der Waals surface area contributed by atoms with Crippen LogP contribution in [0.4, 0.5) is 0 Å². The minimum absolute atomic E-state index is 0. The second kappa shape index (κ2) is 19.3. The third-order valence-corrected chi connectivity index (χ3v) is 9.84. The second-order valence-corrected chi connectivity index (χ2v) is 15.8. The molecule has 2 aliphatic rings. The summed E-state index contributed by atoms with van der Waals surface area (Å²) in [6.45, 7) is 23.4. The van der Waals surface area contributed by atoms with E-state index in [1.165, 1.54) is 109 Å². The Morgan fingerprint density at radius 3 is 1.80 bits per heavy atom. The molecule has 5 aromatic rings. The monoisotopic (exact) mass is 810 g/mol. The Morgan fingerprint density at radius 2 is 1.27 bits per heavy atom. The summed E-state index contributed by atoms with van der Waals surface area (Å²) in [5.74, 6) is 0.573. The number of allylic oxidation sites excluding steroid dienone is 1. The number of rotatable bonds is 3. The molecule has 0 heterocycles. The van der Waals surface area contributed by atoms with Gasteiger partial charge in [-0.25, -0.2) is 0 Å². The van der Waals surface area contributed by atoms with E-state index in [9.17, 15) is 0 Å². The van der Waals surface area contributed by atoms with Gasteiger partial charge in [0.05, 0.1) is 0 Å². The van der Waals surface area contributed by atoms with Crippen molar-refractivity contribution < 1.29 is 23.3 Å². The standard InChI is InChI=1S/C23H25.C22H25.2CH3.2ClH.Si.Zr/c1-15-12-18-14-17-6-5-7-20(17)22(21(18)13-15)16-8-10-19(11-9-16)23(2,3)4;1-15(2)18-13-17-7-6-8-20(21(17)14-18)16-9-11-19(12-10-16)22(3,4)5;;;;;;/h8-11,14H,5-7,13H2,1-4H3;6-15H,1-5H3;2*1H3;2*1H;;/q4*-1;;;;. The summed E-state index contributed by atoms with van der Waals surface area (Å²) in [4.78, 5) is 0. The van der Waals surface area contributed by atoms with E-state index < -0.39 is 0 Å². The third kappa shape index (κ3) is 10.5. The number of hydrogen-bond acceptors (Lipinski definition) is 0. The summed E-state index contributed by atoms with van der Waals surface area (Å²) < 4.78 is 0. The van der Waals surface area contributed by atoms with Gasteiger partial charge >= 0.3 is 30.2 Å². The van der Waals surface area contributed by atoms with Crippen molar-refractivity contribution in [2.75, 3.05) is 0 Å². The van der Waals surface area contributed by atoms with Crippen LogP contribution in [0.25, 0.3) is 33.0 Å². The van der Waals surface area contributed by atoms with E-state index in [-0.39, 0.29) is 50.5 Å². The molecule has 4 heteroatoms. The predicted octanol–water partition coefficient (Wildman–Crippen LogP) is 13.8. The molecule has 0 aromatic heterocycles. The first-order valence-corrected chi connectivity index (χ1v) is 21.4. The molecular weight excluding hydrogens is 755 g/mol. The molecule has 2 radical (unpaired) electrons. The van der Waals surface area contributed by atoms with Gasteiger partial charge in [-0.2, -0.15) is 23.8 Å². The first kappa shape index (κ1) is 46.9. The minimum atomic E-state index is 0. The normalized spacial score (nSPS) is 12.7. The van der Waals surface area contributed by atoms with Crippen LogP contribution in [-0.2, 0) is 53.4 Å². The van der Waals surface area contributed by atoms with Crippen LogP contribution in [0.2, 0.25) is 0 Å². The van der Waals surface area contributed by atoms with Gasteiger partial charge in [0.2, 0.25) is 0 Å². The molecule has 0 amide bonds. The van der Waals surface area contributed by atoms with E-state index in [4.69, 9.17) is 0 Å². The van der Waals surface area contributed by atoms with Crippen molar-refractivity contribution in [2.45, 2.75) is 105 Å². The van der Waals surface area contributed by atoms with Gasteiger partial charge in [0.15, 0.2) is 0 Å². The summed E-state index contributed by atoms with van der Waals surface area (Å²) in [5, 5.41) is 2.72. The maximum atomic E-state index is 3.59. The van der Waals surface area contributed by atoms with Crippen LogP contribution in [0.3, 0.4) is 0 Å². The summed E-state index contributed by atoms with van der Waals surface area (Å²) in [6, 6.07) is 32.1. The van der Waals surface area contributed by atoms with Gasteiger partial charge in [-0.15, -0.1) is 70.5 Å². The zero-order valence-corrected chi connectivity index (χ0v) is 37.9. The van der Waals surface area contributed by atoms with E-state index in [2.05, 4.69) is 160 Å². The number of halogens is 2. The van der Waals surface area contributed by atoms with E-state index in [1.807, 2.05) is 0 Å². The van der Waals surface area contributed by atoms with Crippen LogP contribution < -0.4 is 0 Å². The zero-order chi connectivity index (χ0) is 34.1. The van der Waals surface area contributed by atoms with Crippen molar-refractivity contribution in [3.63, 3.8) is 0 Å². The van der Waals surface area contributed by atoms with Crippen molar-refractivity contribution in [3.8, 4) is 22.3 Å². The fraction of sp³-hybridized carbons (Fsp3) is 0.340. The van der Waals surface area contributed by atoms with Crippen LogP contribution in [-0.4, -0.2) is 6.88 Å². The molecule has 0 bridgehead atoms. The van der Waals surface area contributed by atoms with Gasteiger partial charge in [0, 0.05) is 0 Å². The van der Waals surface area contributed by atoms with Gasteiger partial charge < -0.3 is 14.9 Å². The Kier molecular flexibility index (Phi) is 17.8. The molecule has 0 N–H and O–H groups in total. The Balaban J connectivity index is 0.000000453. The summed E-state index contributed by atoms with van der Waals surface area (Å²) in [6.07, 6.45) is 8.42. The molecule has 0 unspecified atom stereocenters. The Labute approximate surface area is 340 Å². The number of aryl methyl sites for hydroxylation is 1. The van der Waals surface area contributed by atoms with Gasteiger partial charge in [-0.1, -0.05) is 146 Å². The Hall–Kier alpha value is -2.09. The molecule has 7 rings (SSSR count). The number of hydrogen-bond donors (Lipinski definition) is 0. The first-order valence-electron chi connectivity index (χ1n) is 17.2. The summed E-state index contributed by atoms with van der Waals surface area (Å²) in [7, 11) is 0. The van der Waals surface area contributed by atoms with Gasteiger partial charge in [0.1, 0.15) is 0 Å². The molecule has 0 atom stereocenters. The third-order valence-electron chi connectivity index (χ3n) is 9.84. The number of benzene rings is 4. The van der Waals surface area contributed by atoms with Crippen LogP contribution in [0, 0.1) is 20.9 Å². The fourth-order valence-electron chi connectivity index (χ4n) is 7.10. The molecule has 0 saturated carbocycles. The molecule has 0 nitrogen and oxygen atoms in total. The Bertz CT molecular complexity index is 1900. The summed E-state index contributed by atoms with van der Waals surface area (Å²) >= 11 is 1.36. The van der Waals surface area contributed by atoms with Gasteiger partial charge in [-0.05, 0) is 58.3 Å². The van der Waals surface area contributed by atoms with E-state index >= 15 is 0 Å². The average Bonchev–Trinajstić information content (AvgIpc) is 3.78. The molecule has 2 aliphatic carbocycles. The van der Waals surface area contributed by atoms with Crippen LogP contribution in [0.1, 0.15) is 114 Å². The van der Waals surface area contributed by atoms with Crippen LogP contribution in [0.15, 0.2) is 90.5 Å². The van der Waals surface area contributed by atoms with Crippen molar-refractivity contribution >= 4 is 42.5 Å². The SMILES string of the molecule is CC(C)c1cc2c(-c3ccc(C(C)(C)C)cc3)cccc2[cH-]1.CC1=[C-]c2cc3c(c(-c4ccc(C(C)(C)C)cc4)c2C1)CCC3.Cl.Cl.[CH3-].[CH3-].[Si]=[Zr]. The van der Waals surface area contributed by atoms with Crippen LogP contribution >= 0.6 is 24.8 Å². The number of fused-ring (bicyclic) bond motifs is 3. The average molecular weight is 813 g/mol. The molecule has 0 fully saturated rings. The molecule has 0 aliphatic heterocycles. The molecular formula is C47H58Cl2SiZr-4. The predicted molar refractivity (Wildman–Crippen MR) is 229 cm³/mol. The van der Waals surface area contributed by atoms with Crippen molar-refractivity contribution in [3.05, 3.63) is 150 Å². The Morgan fingerprint density at radius 1 is 0.725 bits per heavy atom. The van der Waals surface area contributed by atoms with Gasteiger partial charge in [-0.3, -0.25) is 0 Å². The molecule has 0 saturated heterocycles. The molecule has 5 aromatic carbocycles. The van der Waals surface area contributed by atoms with Crippen molar-refractivity contribution in [1.82, 2.24) is 0 Å². The fourth-order valence-corrected chi connectivity index (χ4v) is 7.10. The molecule has 272 valence electrons. The first-order chi connectivity index (χ1) is 22.3. The maximum absolute atomic E-state index is 3.59. The van der Waals surface area contributed by atoms with Crippen molar-refractivity contribution in [1.29, 1.82) is 0 Å². The topological polar surface area (TPSA) is 0 Å². The molecule has 0 spiro atoms. The van der Waals surface area contributed by atoms with E-state index in [0.29, 0.717) is 5.92 Å². The van der Waals surface area contributed by atoms with Crippen molar-refractivity contribution in [2.24, 2.45) is 0 Å². The zero-order valence-electron chi connectivity index (χ0n) is 32.8. The van der Waals surface area contributed by atoms with Gasteiger partial charge in [0.25, 0.3) is 0 Å². The second-order valence-electron chi connectivity index (χ2n) is 15.8. The van der Waals surface area contributed by atoms with E-state index in [1.54, 1.807) is 11.1 Å². The quantitative estimate of drug-likeness (QED) is 0.126. The van der Waals surface area contributed by atoms with Crippen LogP contribution in [0.5, 0.6) is 0 Å². The molecule has 51 heavy (non-hydrogen) atoms.